The van der Waals surface area contributed by atoms with Gasteiger partial charge in [-0.3, -0.25) is 4.79 Å². The molecule has 1 N–H and O–H groups in total. The van der Waals surface area contributed by atoms with Crippen molar-refractivity contribution in [3.05, 3.63) is 35.1 Å². The molecule has 0 spiro atoms. The molecule has 0 radical (unpaired) electrons. The number of ether oxygens (including phenoxy) is 1. The highest BCUT2D eigenvalue weighted by Gasteiger charge is 2.10. The molecule has 0 fully saturated rings. The van der Waals surface area contributed by atoms with Gasteiger partial charge in [0.15, 0.2) is 5.16 Å². The number of amides is 1. The van der Waals surface area contributed by atoms with Gasteiger partial charge in [-0.15, -0.1) is 10.2 Å². The third kappa shape index (κ3) is 4.72. The summed E-state index contributed by atoms with van der Waals surface area (Å²) in [6.07, 6.45) is 1.62. The maximum Gasteiger partial charge on any atom is 0.234 e. The number of nitrogens with one attached hydrogen (secondary N) is 1. The van der Waals surface area contributed by atoms with Crippen molar-refractivity contribution in [2.75, 3.05) is 24.8 Å². The molecule has 0 bridgehead atoms. The van der Waals surface area contributed by atoms with E-state index in [1.165, 1.54) is 11.8 Å². The molecule has 2 aromatic rings. The number of anilines is 1. The number of hydrogen-bond donors (Lipinski definition) is 1. The molecule has 0 aliphatic rings. The van der Waals surface area contributed by atoms with E-state index in [1.807, 2.05) is 23.6 Å². The van der Waals surface area contributed by atoms with E-state index in [0.29, 0.717) is 29.0 Å². The molecule has 2 rings (SSSR count). The Bertz CT molecular complexity index is 648. The van der Waals surface area contributed by atoms with Gasteiger partial charge in [-0.1, -0.05) is 29.4 Å². The zero-order valence-electron chi connectivity index (χ0n) is 12.4. The van der Waals surface area contributed by atoms with Gasteiger partial charge in [0.2, 0.25) is 5.91 Å². The smallest absolute Gasteiger partial charge is 0.234 e. The van der Waals surface area contributed by atoms with Gasteiger partial charge in [0.25, 0.3) is 0 Å². The number of carbonyl (C=O) groups is 1. The van der Waals surface area contributed by atoms with Crippen LogP contribution in [0.4, 0.5) is 5.69 Å². The average molecular weight is 341 g/mol. The van der Waals surface area contributed by atoms with E-state index in [1.54, 1.807) is 19.5 Å². The molecule has 0 aliphatic heterocycles. The topological polar surface area (TPSA) is 69.0 Å². The van der Waals surface area contributed by atoms with E-state index < -0.39 is 0 Å². The third-order valence-electron chi connectivity index (χ3n) is 2.85. The van der Waals surface area contributed by atoms with Crippen LogP contribution in [-0.2, 0) is 16.1 Å². The summed E-state index contributed by atoms with van der Waals surface area (Å²) < 4.78 is 6.87. The fourth-order valence-corrected chi connectivity index (χ4v) is 2.76. The molecule has 1 aromatic carbocycles. The van der Waals surface area contributed by atoms with E-state index in [9.17, 15) is 4.79 Å². The summed E-state index contributed by atoms with van der Waals surface area (Å²) in [7, 11) is 1.63. The molecular weight excluding hydrogens is 324 g/mol. The Morgan fingerprint density at radius 3 is 3.05 bits per heavy atom. The number of methoxy groups -OCH3 is 1. The second-order valence-electron chi connectivity index (χ2n) is 4.62. The number of aryl methyl sites for hydroxylation is 1. The molecule has 0 aliphatic carbocycles. The summed E-state index contributed by atoms with van der Waals surface area (Å²) in [5, 5.41) is 11.8. The van der Waals surface area contributed by atoms with Gasteiger partial charge >= 0.3 is 0 Å². The van der Waals surface area contributed by atoms with Crippen LogP contribution in [0.5, 0.6) is 0 Å². The summed E-state index contributed by atoms with van der Waals surface area (Å²) in [4.78, 5) is 12.0. The first-order chi connectivity index (χ1) is 10.6. The summed E-state index contributed by atoms with van der Waals surface area (Å²) in [5.41, 5.74) is 1.65. The minimum Gasteiger partial charge on any atom is -0.383 e. The summed E-state index contributed by atoms with van der Waals surface area (Å²) >= 11 is 7.41. The van der Waals surface area contributed by atoms with Crippen molar-refractivity contribution < 1.29 is 9.53 Å². The summed E-state index contributed by atoms with van der Waals surface area (Å²) in [5.74, 6) is 0.0904. The highest BCUT2D eigenvalue weighted by atomic mass is 35.5. The van der Waals surface area contributed by atoms with Gasteiger partial charge in [0, 0.05) is 13.7 Å². The number of aromatic nitrogens is 3. The van der Waals surface area contributed by atoms with E-state index in [-0.39, 0.29) is 11.7 Å². The number of rotatable bonds is 7. The fraction of sp³-hybridized carbons (Fsp3) is 0.357. The van der Waals surface area contributed by atoms with Crippen LogP contribution in [0, 0.1) is 6.92 Å². The van der Waals surface area contributed by atoms with Crippen LogP contribution in [0.25, 0.3) is 0 Å². The lowest BCUT2D eigenvalue weighted by Gasteiger charge is -2.08. The number of benzene rings is 1. The largest absolute Gasteiger partial charge is 0.383 e. The zero-order valence-corrected chi connectivity index (χ0v) is 13.9. The molecule has 1 aromatic heterocycles. The Morgan fingerprint density at radius 1 is 1.50 bits per heavy atom. The molecule has 0 atom stereocenters. The lowest BCUT2D eigenvalue weighted by atomic mass is 10.2. The Kier molecular flexibility index (Phi) is 6.23. The van der Waals surface area contributed by atoms with Crippen molar-refractivity contribution in [1.82, 2.24) is 14.8 Å². The van der Waals surface area contributed by atoms with E-state index in [0.717, 1.165) is 5.56 Å². The lowest BCUT2D eigenvalue weighted by Crippen LogP contribution is -2.15. The first kappa shape index (κ1) is 16.8. The highest BCUT2D eigenvalue weighted by molar-refractivity contribution is 7.99. The number of halogens is 1. The predicted octanol–water partition coefficient (Wildman–Crippen LogP) is 2.62. The second-order valence-corrected chi connectivity index (χ2v) is 5.97. The van der Waals surface area contributed by atoms with Gasteiger partial charge in [-0.2, -0.15) is 0 Å². The number of nitrogens with zero attached hydrogens (tertiary/aromatic N) is 3. The van der Waals surface area contributed by atoms with Crippen LogP contribution in [-0.4, -0.2) is 40.1 Å². The molecule has 0 saturated carbocycles. The van der Waals surface area contributed by atoms with Crippen molar-refractivity contribution in [3.63, 3.8) is 0 Å². The Balaban J connectivity index is 1.89. The van der Waals surface area contributed by atoms with Gasteiger partial charge in [-0.05, 0) is 24.6 Å². The highest BCUT2D eigenvalue weighted by Crippen LogP contribution is 2.23. The van der Waals surface area contributed by atoms with Crippen molar-refractivity contribution in [2.24, 2.45) is 0 Å². The minimum atomic E-state index is -0.142. The normalized spacial score (nSPS) is 10.7. The molecule has 0 saturated heterocycles. The van der Waals surface area contributed by atoms with E-state index in [2.05, 4.69) is 15.5 Å². The number of carbonyl (C=O) groups excluding carboxylic acids is 1. The van der Waals surface area contributed by atoms with Gasteiger partial charge in [0.05, 0.1) is 23.1 Å². The zero-order chi connectivity index (χ0) is 15.9. The maximum absolute atomic E-state index is 12.0. The Labute approximate surface area is 138 Å². The molecule has 8 heteroatoms. The Morgan fingerprint density at radius 2 is 2.32 bits per heavy atom. The molecular formula is C14H17ClN4O2S. The van der Waals surface area contributed by atoms with E-state index >= 15 is 0 Å². The lowest BCUT2D eigenvalue weighted by molar-refractivity contribution is -0.113. The maximum atomic E-state index is 12.0. The van der Waals surface area contributed by atoms with Gasteiger partial charge < -0.3 is 14.6 Å². The summed E-state index contributed by atoms with van der Waals surface area (Å²) in [6, 6.07) is 5.50. The second kappa shape index (κ2) is 8.17. The van der Waals surface area contributed by atoms with Crippen molar-refractivity contribution in [1.29, 1.82) is 0 Å². The molecule has 22 heavy (non-hydrogen) atoms. The Hall–Kier alpha value is -1.57. The van der Waals surface area contributed by atoms with Crippen molar-refractivity contribution >= 4 is 35.0 Å². The summed E-state index contributed by atoms with van der Waals surface area (Å²) in [6.45, 7) is 3.16. The molecule has 6 nitrogen and oxygen atoms in total. The average Bonchev–Trinajstić information content (AvgIpc) is 2.93. The van der Waals surface area contributed by atoms with Crippen LogP contribution < -0.4 is 5.32 Å². The van der Waals surface area contributed by atoms with Crippen molar-refractivity contribution in [2.45, 2.75) is 18.6 Å². The number of thioether (sulfide) groups is 1. The first-order valence-electron chi connectivity index (χ1n) is 6.65. The van der Waals surface area contributed by atoms with Crippen LogP contribution in [0.15, 0.2) is 29.7 Å². The van der Waals surface area contributed by atoms with Gasteiger partial charge in [-0.25, -0.2) is 0 Å². The fourth-order valence-electron chi connectivity index (χ4n) is 1.74. The van der Waals surface area contributed by atoms with Crippen LogP contribution in [0.2, 0.25) is 5.02 Å². The SMILES string of the molecule is COCCn1cnnc1SCC(=O)Nc1ccc(C)cc1Cl. The molecule has 118 valence electrons. The van der Waals surface area contributed by atoms with Crippen LogP contribution in [0.1, 0.15) is 5.56 Å². The third-order valence-corrected chi connectivity index (χ3v) is 4.14. The molecule has 1 heterocycles. The molecule has 0 unspecified atom stereocenters. The monoisotopic (exact) mass is 340 g/mol. The number of hydrogen-bond acceptors (Lipinski definition) is 5. The van der Waals surface area contributed by atoms with Crippen LogP contribution >= 0.6 is 23.4 Å². The predicted molar refractivity (Wildman–Crippen MR) is 87.4 cm³/mol. The standard InChI is InChI=1S/C14H17ClN4O2S/c1-10-3-4-12(11(15)7-10)17-13(20)8-22-14-18-16-9-19(14)5-6-21-2/h3-4,7,9H,5-6,8H2,1-2H3,(H,17,20). The van der Waals surface area contributed by atoms with Crippen molar-refractivity contribution in [3.8, 4) is 0 Å². The quantitative estimate of drug-likeness (QED) is 0.785. The first-order valence-corrected chi connectivity index (χ1v) is 8.02. The van der Waals surface area contributed by atoms with Crippen LogP contribution in [0.3, 0.4) is 0 Å². The van der Waals surface area contributed by atoms with Gasteiger partial charge in [0.1, 0.15) is 6.33 Å². The minimum absolute atomic E-state index is 0.142. The molecule has 1 amide bonds. The van der Waals surface area contributed by atoms with E-state index in [4.69, 9.17) is 16.3 Å².